The average molecular weight is 355 g/mol. The van der Waals surface area contributed by atoms with Gasteiger partial charge in [-0.05, 0) is 38.0 Å². The highest BCUT2D eigenvalue weighted by molar-refractivity contribution is 7.84. The Labute approximate surface area is 145 Å². The number of hydrogen-bond acceptors (Lipinski definition) is 3. The lowest BCUT2D eigenvalue weighted by Gasteiger charge is -2.10. The van der Waals surface area contributed by atoms with E-state index in [1.165, 1.54) is 0 Å². The van der Waals surface area contributed by atoms with Gasteiger partial charge in [0.2, 0.25) is 0 Å². The van der Waals surface area contributed by atoms with E-state index in [-0.39, 0.29) is 0 Å². The summed E-state index contributed by atoms with van der Waals surface area (Å²) in [4.78, 5) is 4.52. The van der Waals surface area contributed by atoms with Crippen molar-refractivity contribution in [3.63, 3.8) is 0 Å². The Hall–Kier alpha value is -1.33. The van der Waals surface area contributed by atoms with Crippen LogP contribution < -0.4 is 4.74 Å². The number of benzene rings is 1. The molecule has 0 aliphatic rings. The van der Waals surface area contributed by atoms with Crippen molar-refractivity contribution >= 4 is 22.4 Å². The average Bonchev–Trinajstić information content (AvgIpc) is 2.82. The zero-order valence-corrected chi connectivity index (χ0v) is 15.6. The van der Waals surface area contributed by atoms with Crippen molar-refractivity contribution in [2.45, 2.75) is 51.1 Å². The standard InChI is InChI=1S/C17H23ClN2O2S/c1-5-6-9-20-13(3)12(2)19-17(20)23(21)11-14-7-8-15(22-4)10-16(14)18/h7-8,10H,5-6,9,11H2,1-4H3. The molecule has 0 N–H and O–H groups in total. The number of aromatic nitrogens is 2. The van der Waals surface area contributed by atoms with Crippen LogP contribution in [0.15, 0.2) is 23.4 Å². The summed E-state index contributed by atoms with van der Waals surface area (Å²) in [6.07, 6.45) is 2.14. The first-order valence-electron chi connectivity index (χ1n) is 7.72. The Morgan fingerprint density at radius 2 is 2.09 bits per heavy atom. The molecular formula is C17H23ClN2O2S. The van der Waals surface area contributed by atoms with Gasteiger partial charge >= 0.3 is 0 Å². The minimum atomic E-state index is -1.23. The Morgan fingerprint density at radius 1 is 1.35 bits per heavy atom. The topological polar surface area (TPSA) is 44.1 Å². The normalized spacial score (nSPS) is 12.4. The summed E-state index contributed by atoms with van der Waals surface area (Å²) in [5.41, 5.74) is 2.86. The third kappa shape index (κ3) is 4.15. The second-order valence-corrected chi connectivity index (χ2v) is 7.27. The number of ether oxygens (including phenoxy) is 1. The molecule has 0 aliphatic carbocycles. The first-order chi connectivity index (χ1) is 11.0. The number of hydrogen-bond donors (Lipinski definition) is 0. The van der Waals surface area contributed by atoms with E-state index in [9.17, 15) is 4.21 Å². The van der Waals surface area contributed by atoms with E-state index >= 15 is 0 Å². The highest BCUT2D eigenvalue weighted by atomic mass is 35.5. The lowest BCUT2D eigenvalue weighted by atomic mass is 10.2. The Morgan fingerprint density at radius 3 is 2.70 bits per heavy atom. The molecule has 126 valence electrons. The molecule has 6 heteroatoms. The van der Waals surface area contributed by atoms with Gasteiger partial charge in [0.1, 0.15) is 5.75 Å². The molecule has 0 amide bonds. The number of aryl methyl sites for hydroxylation is 1. The zero-order valence-electron chi connectivity index (χ0n) is 14.1. The SMILES string of the molecule is CCCCn1c(S(=O)Cc2ccc(OC)cc2Cl)nc(C)c1C. The molecule has 1 aromatic heterocycles. The van der Waals surface area contributed by atoms with Crippen molar-refractivity contribution in [2.75, 3.05) is 7.11 Å². The second kappa shape index (κ2) is 7.97. The molecule has 1 atom stereocenters. The van der Waals surface area contributed by atoms with E-state index in [4.69, 9.17) is 16.3 Å². The minimum Gasteiger partial charge on any atom is -0.497 e. The molecule has 1 aromatic carbocycles. The maximum atomic E-state index is 12.8. The maximum Gasteiger partial charge on any atom is 0.199 e. The van der Waals surface area contributed by atoms with Crippen molar-refractivity contribution in [1.29, 1.82) is 0 Å². The third-order valence-electron chi connectivity index (χ3n) is 3.91. The maximum absolute atomic E-state index is 12.8. The van der Waals surface area contributed by atoms with Crippen LogP contribution in [0, 0.1) is 13.8 Å². The van der Waals surface area contributed by atoms with Gasteiger partial charge in [0, 0.05) is 17.3 Å². The first-order valence-corrected chi connectivity index (χ1v) is 9.42. The molecule has 2 aromatic rings. The summed E-state index contributed by atoms with van der Waals surface area (Å²) in [6.45, 7) is 6.98. The number of unbranched alkanes of at least 4 members (excludes halogenated alkanes) is 1. The van der Waals surface area contributed by atoms with Gasteiger partial charge in [0.15, 0.2) is 5.16 Å². The molecule has 0 bridgehead atoms. The van der Waals surface area contributed by atoms with Gasteiger partial charge in [-0.2, -0.15) is 0 Å². The molecule has 23 heavy (non-hydrogen) atoms. The molecule has 0 spiro atoms. The summed E-state index contributed by atoms with van der Waals surface area (Å²) >= 11 is 6.26. The second-order valence-electron chi connectivity index (χ2n) is 5.52. The number of nitrogens with zero attached hydrogens (tertiary/aromatic N) is 2. The van der Waals surface area contributed by atoms with Gasteiger partial charge in [0.05, 0.1) is 29.4 Å². The molecule has 0 saturated carbocycles. The summed E-state index contributed by atoms with van der Waals surface area (Å²) in [6, 6.07) is 5.44. The highest BCUT2D eigenvalue weighted by Crippen LogP contribution is 2.25. The lowest BCUT2D eigenvalue weighted by Crippen LogP contribution is -2.09. The molecule has 0 aliphatic heterocycles. The van der Waals surface area contributed by atoms with Gasteiger partial charge < -0.3 is 9.30 Å². The molecule has 1 unspecified atom stereocenters. The quantitative estimate of drug-likeness (QED) is 0.745. The Bertz CT molecular complexity index is 713. The van der Waals surface area contributed by atoms with Crippen molar-refractivity contribution in [2.24, 2.45) is 0 Å². The Kier molecular flexibility index (Phi) is 6.25. The van der Waals surface area contributed by atoms with E-state index in [1.807, 2.05) is 26.0 Å². The highest BCUT2D eigenvalue weighted by Gasteiger charge is 2.18. The Balaban J connectivity index is 2.25. The van der Waals surface area contributed by atoms with Crippen molar-refractivity contribution < 1.29 is 8.95 Å². The van der Waals surface area contributed by atoms with Crippen LogP contribution in [0.1, 0.15) is 36.7 Å². The van der Waals surface area contributed by atoms with Crippen LogP contribution >= 0.6 is 11.6 Å². The predicted molar refractivity (Wildman–Crippen MR) is 94.7 cm³/mol. The number of methoxy groups -OCH3 is 1. The van der Waals surface area contributed by atoms with E-state index in [0.29, 0.717) is 21.7 Å². The van der Waals surface area contributed by atoms with E-state index in [2.05, 4.69) is 16.5 Å². The van der Waals surface area contributed by atoms with Gasteiger partial charge in [-0.15, -0.1) is 0 Å². The van der Waals surface area contributed by atoms with Crippen LogP contribution in [0.5, 0.6) is 5.75 Å². The largest absolute Gasteiger partial charge is 0.497 e. The summed E-state index contributed by atoms with van der Waals surface area (Å²) in [5, 5.41) is 1.21. The fourth-order valence-electron chi connectivity index (χ4n) is 2.35. The molecule has 0 saturated heterocycles. The monoisotopic (exact) mass is 354 g/mol. The molecular weight excluding hydrogens is 332 g/mol. The van der Waals surface area contributed by atoms with Gasteiger partial charge in [0.25, 0.3) is 0 Å². The van der Waals surface area contributed by atoms with Gasteiger partial charge in [-0.1, -0.05) is 31.0 Å². The molecule has 0 radical (unpaired) electrons. The van der Waals surface area contributed by atoms with Crippen LogP contribution in [0.25, 0.3) is 0 Å². The molecule has 1 heterocycles. The smallest absolute Gasteiger partial charge is 0.199 e. The predicted octanol–water partition coefficient (Wildman–Crippen LogP) is 4.27. The number of rotatable bonds is 7. The van der Waals surface area contributed by atoms with Gasteiger partial charge in [-0.3, -0.25) is 4.21 Å². The number of halogens is 1. The van der Waals surface area contributed by atoms with Crippen LogP contribution in [0.2, 0.25) is 5.02 Å². The lowest BCUT2D eigenvalue weighted by molar-refractivity contribution is 0.414. The fraction of sp³-hybridized carbons (Fsp3) is 0.471. The fourth-order valence-corrected chi connectivity index (χ4v) is 4.05. The van der Waals surface area contributed by atoms with Gasteiger partial charge in [-0.25, -0.2) is 4.98 Å². The van der Waals surface area contributed by atoms with Crippen LogP contribution in [-0.4, -0.2) is 20.9 Å². The van der Waals surface area contributed by atoms with Crippen LogP contribution in [-0.2, 0) is 23.1 Å². The zero-order chi connectivity index (χ0) is 17.0. The van der Waals surface area contributed by atoms with E-state index in [1.54, 1.807) is 13.2 Å². The minimum absolute atomic E-state index is 0.352. The first kappa shape index (κ1) is 18.0. The summed E-state index contributed by atoms with van der Waals surface area (Å²) in [5.74, 6) is 1.05. The third-order valence-corrected chi connectivity index (χ3v) is 5.55. The number of imidazole rings is 1. The molecule has 2 rings (SSSR count). The van der Waals surface area contributed by atoms with E-state index in [0.717, 1.165) is 36.3 Å². The molecule has 0 fully saturated rings. The summed E-state index contributed by atoms with van der Waals surface area (Å²) < 4.78 is 20.0. The molecule has 4 nitrogen and oxygen atoms in total. The van der Waals surface area contributed by atoms with Crippen molar-refractivity contribution in [1.82, 2.24) is 9.55 Å². The van der Waals surface area contributed by atoms with Crippen molar-refractivity contribution in [3.05, 3.63) is 40.2 Å². The summed E-state index contributed by atoms with van der Waals surface area (Å²) in [7, 11) is 0.366. The van der Waals surface area contributed by atoms with E-state index < -0.39 is 10.8 Å². The van der Waals surface area contributed by atoms with Crippen molar-refractivity contribution in [3.8, 4) is 5.75 Å². The van der Waals surface area contributed by atoms with Crippen LogP contribution in [0.3, 0.4) is 0 Å². The van der Waals surface area contributed by atoms with Crippen LogP contribution in [0.4, 0.5) is 0 Å².